The minimum Gasteiger partial charge on any atom is -0.484 e. The van der Waals surface area contributed by atoms with Crippen molar-refractivity contribution < 1.29 is 9.53 Å². The first-order valence-corrected chi connectivity index (χ1v) is 9.30. The molecule has 2 aromatic carbocycles. The molecule has 0 bridgehead atoms. The van der Waals surface area contributed by atoms with E-state index in [2.05, 4.69) is 18.1 Å². The van der Waals surface area contributed by atoms with Crippen LogP contribution in [0.15, 0.2) is 42.5 Å². The van der Waals surface area contributed by atoms with Crippen LogP contribution in [0.3, 0.4) is 0 Å². The minimum atomic E-state index is -0.138. The van der Waals surface area contributed by atoms with E-state index < -0.39 is 0 Å². The van der Waals surface area contributed by atoms with Crippen LogP contribution in [0.25, 0.3) is 10.8 Å². The molecule has 3 rings (SSSR count). The summed E-state index contributed by atoms with van der Waals surface area (Å²) in [5.74, 6) is 0.558. The predicted octanol–water partition coefficient (Wildman–Crippen LogP) is 5.11. The number of benzene rings is 2. The van der Waals surface area contributed by atoms with E-state index >= 15 is 0 Å². The number of ether oxygens (including phenoxy) is 1. The van der Waals surface area contributed by atoms with Gasteiger partial charge in [-0.15, -0.1) is 0 Å². The molecule has 0 N–H and O–H groups in total. The van der Waals surface area contributed by atoms with Gasteiger partial charge in [0.05, 0.1) is 5.69 Å². The van der Waals surface area contributed by atoms with Crippen molar-refractivity contribution in [2.75, 3.05) is 6.61 Å². The van der Waals surface area contributed by atoms with Gasteiger partial charge in [-0.25, -0.2) is 4.68 Å². The third-order valence-electron chi connectivity index (χ3n) is 4.79. The zero-order valence-corrected chi connectivity index (χ0v) is 15.8. The van der Waals surface area contributed by atoms with Crippen molar-refractivity contribution in [3.63, 3.8) is 0 Å². The lowest BCUT2D eigenvalue weighted by molar-refractivity contribution is 0.0818. The number of fused-ring (bicyclic) bond motifs is 1. The highest BCUT2D eigenvalue weighted by Gasteiger charge is 2.16. The van der Waals surface area contributed by atoms with Crippen molar-refractivity contribution >= 4 is 16.7 Å². The number of aryl methyl sites for hydroxylation is 1. The molecule has 0 atom stereocenters. The molecule has 0 spiro atoms. The van der Waals surface area contributed by atoms with Gasteiger partial charge in [-0.3, -0.25) is 4.79 Å². The molecule has 4 nitrogen and oxygen atoms in total. The number of hydrogen-bond acceptors (Lipinski definition) is 3. The van der Waals surface area contributed by atoms with Crippen molar-refractivity contribution in [1.29, 1.82) is 0 Å². The maximum Gasteiger partial charge on any atom is 0.284 e. The van der Waals surface area contributed by atoms with E-state index in [0.717, 1.165) is 35.0 Å². The van der Waals surface area contributed by atoms with Gasteiger partial charge in [-0.1, -0.05) is 50.1 Å². The second-order valence-corrected chi connectivity index (χ2v) is 6.71. The summed E-state index contributed by atoms with van der Waals surface area (Å²) in [7, 11) is 0. The van der Waals surface area contributed by atoms with Crippen LogP contribution in [0.1, 0.15) is 47.9 Å². The average Bonchev–Trinajstić information content (AvgIpc) is 2.94. The highest BCUT2D eigenvalue weighted by atomic mass is 16.5. The van der Waals surface area contributed by atoms with E-state index in [9.17, 15) is 4.79 Å². The summed E-state index contributed by atoms with van der Waals surface area (Å²) in [4.78, 5) is 12.6. The molecule has 1 aromatic heterocycles. The van der Waals surface area contributed by atoms with E-state index in [-0.39, 0.29) is 12.5 Å². The predicted molar refractivity (Wildman–Crippen MR) is 105 cm³/mol. The van der Waals surface area contributed by atoms with E-state index in [1.54, 1.807) is 0 Å². The van der Waals surface area contributed by atoms with Crippen molar-refractivity contribution in [3.8, 4) is 5.75 Å². The summed E-state index contributed by atoms with van der Waals surface area (Å²) in [6, 6.07) is 13.9. The first-order valence-electron chi connectivity index (χ1n) is 9.30. The van der Waals surface area contributed by atoms with Crippen LogP contribution in [0, 0.1) is 13.8 Å². The SMILES string of the molecule is CCCCCc1c(C)nn(C(=O)COc2ccc3ccccc3c2)c1C. The van der Waals surface area contributed by atoms with Gasteiger partial charge >= 0.3 is 0 Å². The summed E-state index contributed by atoms with van der Waals surface area (Å²) in [5.41, 5.74) is 3.07. The third-order valence-corrected chi connectivity index (χ3v) is 4.79. The maximum absolute atomic E-state index is 12.6. The van der Waals surface area contributed by atoms with Crippen molar-refractivity contribution in [2.45, 2.75) is 46.5 Å². The van der Waals surface area contributed by atoms with Gasteiger partial charge < -0.3 is 4.74 Å². The van der Waals surface area contributed by atoms with Crippen molar-refractivity contribution in [1.82, 2.24) is 9.78 Å². The lowest BCUT2D eigenvalue weighted by atomic mass is 10.1. The molecule has 0 aliphatic heterocycles. The van der Waals surface area contributed by atoms with Gasteiger partial charge in [-0.05, 0) is 55.2 Å². The van der Waals surface area contributed by atoms with Crippen molar-refractivity contribution in [2.24, 2.45) is 0 Å². The summed E-state index contributed by atoms with van der Waals surface area (Å²) in [6.45, 7) is 6.11. The summed E-state index contributed by atoms with van der Waals surface area (Å²) >= 11 is 0. The van der Waals surface area contributed by atoms with Crippen LogP contribution in [0.4, 0.5) is 0 Å². The fraction of sp³-hybridized carbons (Fsp3) is 0.364. The second-order valence-electron chi connectivity index (χ2n) is 6.71. The highest BCUT2D eigenvalue weighted by Crippen LogP contribution is 2.21. The molecule has 1 heterocycles. The molecule has 0 unspecified atom stereocenters. The van der Waals surface area contributed by atoms with Gasteiger partial charge in [0.15, 0.2) is 6.61 Å². The molecular weight excluding hydrogens is 324 g/mol. The number of hydrogen-bond donors (Lipinski definition) is 0. The summed E-state index contributed by atoms with van der Waals surface area (Å²) in [5, 5.41) is 6.69. The van der Waals surface area contributed by atoms with E-state index in [1.807, 2.05) is 50.2 Å². The Kier molecular flexibility index (Phi) is 5.71. The number of carbonyl (C=O) groups is 1. The molecule has 26 heavy (non-hydrogen) atoms. The Balaban J connectivity index is 1.68. The number of carbonyl (C=O) groups excluding carboxylic acids is 1. The molecule has 0 aliphatic rings. The standard InChI is InChI=1S/C22H26N2O2/c1-4-5-6-11-21-16(2)23-24(17(21)3)22(25)15-26-20-13-12-18-9-7-8-10-19(18)14-20/h7-10,12-14H,4-6,11,15H2,1-3H3. The lowest BCUT2D eigenvalue weighted by Crippen LogP contribution is -2.21. The molecule has 0 aliphatic carbocycles. The molecule has 0 radical (unpaired) electrons. The van der Waals surface area contributed by atoms with Crippen LogP contribution in [-0.2, 0) is 6.42 Å². The molecule has 4 heteroatoms. The molecule has 3 aromatic rings. The van der Waals surface area contributed by atoms with E-state index in [1.165, 1.54) is 23.1 Å². The summed E-state index contributed by atoms with van der Waals surface area (Å²) < 4.78 is 7.22. The molecule has 0 saturated heterocycles. The molecule has 136 valence electrons. The zero-order chi connectivity index (χ0) is 18.5. The minimum absolute atomic E-state index is 0.0191. The number of rotatable bonds is 7. The molecule has 0 fully saturated rings. The molecule has 0 saturated carbocycles. The average molecular weight is 350 g/mol. The van der Waals surface area contributed by atoms with Crippen LogP contribution in [0.2, 0.25) is 0 Å². The summed E-state index contributed by atoms with van der Waals surface area (Å²) in [6.07, 6.45) is 4.49. The van der Waals surface area contributed by atoms with Crippen LogP contribution >= 0.6 is 0 Å². The number of aromatic nitrogens is 2. The normalized spacial score (nSPS) is 11.0. The highest BCUT2D eigenvalue weighted by molar-refractivity contribution is 5.84. The van der Waals surface area contributed by atoms with Crippen molar-refractivity contribution in [3.05, 3.63) is 59.4 Å². The van der Waals surface area contributed by atoms with E-state index in [4.69, 9.17) is 4.74 Å². The first-order chi connectivity index (χ1) is 12.6. The number of nitrogens with zero attached hydrogens (tertiary/aromatic N) is 2. The number of unbranched alkanes of at least 4 members (excludes halogenated alkanes) is 2. The zero-order valence-electron chi connectivity index (χ0n) is 15.8. The quantitative estimate of drug-likeness (QED) is 0.557. The monoisotopic (exact) mass is 350 g/mol. The first kappa shape index (κ1) is 18.2. The fourth-order valence-corrected chi connectivity index (χ4v) is 3.29. The van der Waals surface area contributed by atoms with Crippen LogP contribution < -0.4 is 4.74 Å². The van der Waals surface area contributed by atoms with Crippen LogP contribution in [0.5, 0.6) is 5.75 Å². The third kappa shape index (κ3) is 3.96. The molecular formula is C22H26N2O2. The largest absolute Gasteiger partial charge is 0.484 e. The van der Waals surface area contributed by atoms with Gasteiger partial charge in [-0.2, -0.15) is 5.10 Å². The van der Waals surface area contributed by atoms with Crippen LogP contribution in [-0.4, -0.2) is 22.3 Å². The Morgan fingerprint density at radius 3 is 2.62 bits per heavy atom. The maximum atomic E-state index is 12.6. The lowest BCUT2D eigenvalue weighted by Gasteiger charge is -2.08. The second kappa shape index (κ2) is 8.17. The Morgan fingerprint density at radius 1 is 1.08 bits per heavy atom. The van der Waals surface area contributed by atoms with Gasteiger partial charge in [0.2, 0.25) is 0 Å². The van der Waals surface area contributed by atoms with Gasteiger partial charge in [0.1, 0.15) is 5.75 Å². The Hall–Kier alpha value is -2.62. The van der Waals surface area contributed by atoms with Gasteiger partial charge in [0, 0.05) is 5.69 Å². The van der Waals surface area contributed by atoms with E-state index in [0.29, 0.717) is 5.75 Å². The topological polar surface area (TPSA) is 44.1 Å². The Labute approximate surface area is 154 Å². The Morgan fingerprint density at radius 2 is 1.85 bits per heavy atom. The van der Waals surface area contributed by atoms with Gasteiger partial charge in [0.25, 0.3) is 5.91 Å². The Bertz CT molecular complexity index is 912. The molecule has 0 amide bonds. The fourth-order valence-electron chi connectivity index (χ4n) is 3.29. The smallest absolute Gasteiger partial charge is 0.284 e.